The third-order valence-electron chi connectivity index (χ3n) is 1.91. The summed E-state index contributed by atoms with van der Waals surface area (Å²) < 4.78 is 23.4. The predicted molar refractivity (Wildman–Crippen MR) is 53.8 cm³/mol. The minimum Gasteiger partial charge on any atom is -0.478 e. The second kappa shape index (κ2) is 3.82. The summed E-state index contributed by atoms with van der Waals surface area (Å²) in [7, 11) is -3.34. The summed E-state index contributed by atoms with van der Waals surface area (Å²) in [5, 5.41) is 11.1. The van der Waals surface area contributed by atoms with Crippen molar-refractivity contribution < 1.29 is 18.3 Å². The molecule has 0 spiro atoms. The van der Waals surface area contributed by atoms with Crippen molar-refractivity contribution in [2.75, 3.05) is 6.26 Å². The molecule has 0 fully saturated rings. The predicted octanol–water partition coefficient (Wildman–Crippen LogP) is 0.798. The highest BCUT2D eigenvalue weighted by molar-refractivity contribution is 7.90. The normalized spacial score (nSPS) is 13.8. The van der Waals surface area contributed by atoms with Crippen molar-refractivity contribution in [3.05, 3.63) is 16.9 Å². The average Bonchev–Trinajstić information content (AvgIpc) is 2.44. The van der Waals surface area contributed by atoms with Gasteiger partial charge in [0.15, 0.2) is 15.0 Å². The maximum Gasteiger partial charge on any atom is 0.340 e. The number of aromatic nitrogens is 2. The van der Waals surface area contributed by atoms with Crippen LogP contribution in [0.5, 0.6) is 0 Å². The molecule has 0 aliphatic carbocycles. The molecule has 15 heavy (non-hydrogen) atoms. The molecule has 6 nitrogen and oxygen atoms in total. The zero-order valence-electron chi connectivity index (χ0n) is 8.01. The van der Waals surface area contributed by atoms with E-state index in [1.54, 1.807) is 0 Å². The van der Waals surface area contributed by atoms with Crippen LogP contribution in [0.1, 0.15) is 22.7 Å². The lowest BCUT2D eigenvalue weighted by molar-refractivity contribution is 0.0697. The molecule has 1 aromatic heterocycles. The van der Waals surface area contributed by atoms with Crippen LogP contribution < -0.4 is 0 Å². The van der Waals surface area contributed by atoms with Gasteiger partial charge in [-0.3, -0.25) is 4.68 Å². The van der Waals surface area contributed by atoms with Gasteiger partial charge in [-0.15, -0.1) is 0 Å². The highest BCUT2D eigenvalue weighted by Crippen LogP contribution is 2.18. The number of hydrogen-bond acceptors (Lipinski definition) is 4. The summed E-state index contributed by atoms with van der Waals surface area (Å²) >= 11 is 5.53. The van der Waals surface area contributed by atoms with Gasteiger partial charge in [-0.2, -0.15) is 5.10 Å². The Kier molecular flexibility index (Phi) is 3.05. The smallest absolute Gasteiger partial charge is 0.340 e. The van der Waals surface area contributed by atoms with Crippen molar-refractivity contribution in [2.45, 2.75) is 12.3 Å². The average molecular weight is 253 g/mol. The molecule has 0 aromatic carbocycles. The van der Waals surface area contributed by atoms with Crippen molar-refractivity contribution >= 4 is 27.4 Å². The Bertz CT molecular complexity index is 493. The summed E-state index contributed by atoms with van der Waals surface area (Å²) in [4.78, 5) is 10.6. The van der Waals surface area contributed by atoms with Crippen LogP contribution in [0.25, 0.3) is 0 Å². The molecule has 1 aromatic rings. The summed E-state index contributed by atoms with van der Waals surface area (Å²) in [6.07, 6.45) is 2.13. The van der Waals surface area contributed by atoms with E-state index >= 15 is 0 Å². The van der Waals surface area contributed by atoms with Crippen LogP contribution in [0.4, 0.5) is 0 Å². The van der Waals surface area contributed by atoms with Gasteiger partial charge in [0, 0.05) is 12.5 Å². The molecule has 1 rings (SSSR count). The van der Waals surface area contributed by atoms with Gasteiger partial charge in [0.25, 0.3) is 0 Å². The molecule has 84 valence electrons. The van der Waals surface area contributed by atoms with Crippen LogP contribution in [0.2, 0.25) is 5.15 Å². The van der Waals surface area contributed by atoms with E-state index in [2.05, 4.69) is 5.10 Å². The molecule has 0 saturated carbocycles. The number of carboxylic acids is 1. The first-order valence-electron chi connectivity index (χ1n) is 3.90. The first-order valence-corrected chi connectivity index (χ1v) is 6.23. The van der Waals surface area contributed by atoms with E-state index in [0.29, 0.717) is 0 Å². The monoisotopic (exact) mass is 252 g/mol. The van der Waals surface area contributed by atoms with Gasteiger partial charge in [0.2, 0.25) is 0 Å². The fraction of sp³-hybridized carbons (Fsp3) is 0.429. The Balaban J connectivity index is 3.19. The molecule has 1 heterocycles. The molecule has 1 N–H and O–H groups in total. The van der Waals surface area contributed by atoms with E-state index in [1.165, 1.54) is 6.92 Å². The molecule has 1 unspecified atom stereocenters. The van der Waals surface area contributed by atoms with Crippen LogP contribution in [-0.4, -0.2) is 35.5 Å². The molecule has 0 aliphatic heterocycles. The molecule has 0 radical (unpaired) electrons. The molecule has 8 heteroatoms. The molecule has 0 saturated heterocycles. The summed E-state index contributed by atoms with van der Waals surface area (Å²) in [6.45, 7) is 1.39. The molecule has 1 atom stereocenters. The van der Waals surface area contributed by atoms with Crippen molar-refractivity contribution in [1.82, 2.24) is 9.78 Å². The lowest BCUT2D eigenvalue weighted by atomic mass is 10.4. The van der Waals surface area contributed by atoms with Crippen LogP contribution in [0.3, 0.4) is 0 Å². The molecular formula is C7H9ClN2O4S. The maximum atomic E-state index is 11.2. The van der Waals surface area contributed by atoms with Crippen LogP contribution in [0, 0.1) is 0 Å². The Morgan fingerprint density at radius 2 is 2.20 bits per heavy atom. The third kappa shape index (κ3) is 2.48. The van der Waals surface area contributed by atoms with Crippen molar-refractivity contribution in [1.29, 1.82) is 0 Å². The van der Waals surface area contributed by atoms with Crippen molar-refractivity contribution in [2.24, 2.45) is 0 Å². The number of sulfone groups is 1. The van der Waals surface area contributed by atoms with Gasteiger partial charge in [0.05, 0.1) is 0 Å². The second-order valence-corrected chi connectivity index (χ2v) is 5.75. The van der Waals surface area contributed by atoms with Crippen LogP contribution in [-0.2, 0) is 9.84 Å². The van der Waals surface area contributed by atoms with Crippen molar-refractivity contribution in [3.63, 3.8) is 0 Å². The largest absolute Gasteiger partial charge is 0.478 e. The molecule has 0 amide bonds. The van der Waals surface area contributed by atoms with Crippen LogP contribution >= 0.6 is 11.6 Å². The van der Waals surface area contributed by atoms with Gasteiger partial charge in [-0.25, -0.2) is 13.2 Å². The summed E-state index contributed by atoms with van der Waals surface area (Å²) in [5.74, 6) is -1.24. The SMILES string of the molecule is CC(n1cc(C(=O)O)c(Cl)n1)S(C)(=O)=O. The van der Waals surface area contributed by atoms with E-state index in [0.717, 1.165) is 17.1 Å². The fourth-order valence-electron chi connectivity index (χ4n) is 0.896. The number of carboxylic acid groups (broad SMARTS) is 1. The third-order valence-corrected chi connectivity index (χ3v) is 3.64. The molecule has 0 aliphatic rings. The Hall–Kier alpha value is -1.08. The first kappa shape index (κ1) is 12.0. The van der Waals surface area contributed by atoms with Crippen LogP contribution in [0.15, 0.2) is 6.20 Å². The topological polar surface area (TPSA) is 89.3 Å². The summed E-state index contributed by atoms with van der Waals surface area (Å²) in [5.41, 5.74) is -0.216. The van der Waals surface area contributed by atoms with Gasteiger partial charge in [-0.05, 0) is 6.92 Å². The zero-order chi connectivity index (χ0) is 11.8. The van der Waals surface area contributed by atoms with Crippen molar-refractivity contribution in [3.8, 4) is 0 Å². The number of nitrogens with zero attached hydrogens (tertiary/aromatic N) is 2. The zero-order valence-corrected chi connectivity index (χ0v) is 9.58. The highest BCUT2D eigenvalue weighted by Gasteiger charge is 2.21. The number of carbonyl (C=O) groups is 1. The van der Waals surface area contributed by atoms with Gasteiger partial charge in [0.1, 0.15) is 10.9 Å². The maximum absolute atomic E-state index is 11.2. The summed E-state index contributed by atoms with van der Waals surface area (Å²) in [6, 6.07) is 0. The first-order chi connectivity index (χ1) is 6.73. The quantitative estimate of drug-likeness (QED) is 0.859. The highest BCUT2D eigenvalue weighted by atomic mass is 35.5. The minimum absolute atomic E-state index is 0.216. The Morgan fingerprint density at radius 1 is 1.67 bits per heavy atom. The van der Waals surface area contributed by atoms with E-state index in [4.69, 9.17) is 16.7 Å². The number of halogens is 1. The van der Waals surface area contributed by atoms with E-state index in [-0.39, 0.29) is 10.7 Å². The van der Waals surface area contributed by atoms with E-state index in [1.807, 2.05) is 0 Å². The minimum atomic E-state index is -3.34. The standard InChI is InChI=1S/C7H9ClN2O4S/c1-4(15(2,13)14)10-3-5(7(11)12)6(8)9-10/h3-4H,1-2H3,(H,11,12). The van der Waals surface area contributed by atoms with Gasteiger partial charge in [-0.1, -0.05) is 11.6 Å². The lowest BCUT2D eigenvalue weighted by Gasteiger charge is -2.08. The Labute approximate surface area is 91.4 Å². The Morgan fingerprint density at radius 3 is 2.53 bits per heavy atom. The fourth-order valence-corrected chi connectivity index (χ4v) is 1.61. The second-order valence-electron chi connectivity index (χ2n) is 3.05. The van der Waals surface area contributed by atoms with E-state index < -0.39 is 21.2 Å². The number of rotatable bonds is 3. The number of aromatic carboxylic acids is 1. The van der Waals surface area contributed by atoms with E-state index in [9.17, 15) is 13.2 Å². The molecular weight excluding hydrogens is 244 g/mol. The number of hydrogen-bond donors (Lipinski definition) is 1. The van der Waals surface area contributed by atoms with Gasteiger partial charge < -0.3 is 5.11 Å². The lowest BCUT2D eigenvalue weighted by Crippen LogP contribution is -2.15. The molecule has 0 bridgehead atoms. The van der Waals surface area contributed by atoms with Gasteiger partial charge >= 0.3 is 5.97 Å².